The molecule has 0 aliphatic heterocycles. The molecule has 0 aliphatic rings. The van der Waals surface area contributed by atoms with Crippen molar-refractivity contribution >= 4 is 15.9 Å². The molecule has 1 nitrogen and oxygen atoms in total. The smallest absolute Gasteiger partial charge is 0.130 e. The molecule has 20 heavy (non-hydrogen) atoms. The van der Waals surface area contributed by atoms with E-state index in [1.807, 2.05) is 44.2 Å². The van der Waals surface area contributed by atoms with Gasteiger partial charge in [0, 0.05) is 5.56 Å². The Balaban J connectivity index is 2.25. The quantitative estimate of drug-likeness (QED) is 0.678. The molecular formula is C17H18BrFO. The standard InChI is InChI=1S/C17H18BrFO/c1-11(2)20-14-9-7-13(8-10-14)16(18)15-6-4-5-12(3)17(15)19/h4-11,16H,1-3H3. The molecule has 0 saturated carbocycles. The summed E-state index contributed by atoms with van der Waals surface area (Å²) >= 11 is 3.57. The van der Waals surface area contributed by atoms with Crippen LogP contribution in [0.2, 0.25) is 0 Å². The highest BCUT2D eigenvalue weighted by molar-refractivity contribution is 9.09. The zero-order valence-corrected chi connectivity index (χ0v) is 13.4. The Morgan fingerprint density at radius 2 is 1.70 bits per heavy atom. The van der Waals surface area contributed by atoms with Crippen molar-refractivity contribution in [3.8, 4) is 5.75 Å². The molecule has 0 aliphatic carbocycles. The molecule has 0 bridgehead atoms. The van der Waals surface area contributed by atoms with Crippen LogP contribution >= 0.6 is 15.9 Å². The molecule has 1 unspecified atom stereocenters. The Bertz CT molecular complexity index is 578. The fourth-order valence-electron chi connectivity index (χ4n) is 2.03. The monoisotopic (exact) mass is 336 g/mol. The van der Waals surface area contributed by atoms with Gasteiger partial charge in [-0.25, -0.2) is 4.39 Å². The number of aryl methyl sites for hydroxylation is 1. The molecule has 0 saturated heterocycles. The van der Waals surface area contributed by atoms with E-state index in [4.69, 9.17) is 4.74 Å². The summed E-state index contributed by atoms with van der Waals surface area (Å²) in [4.78, 5) is -0.157. The van der Waals surface area contributed by atoms with Crippen LogP contribution in [0.5, 0.6) is 5.75 Å². The van der Waals surface area contributed by atoms with Crippen LogP contribution in [0.4, 0.5) is 4.39 Å². The molecule has 1 atom stereocenters. The van der Waals surface area contributed by atoms with E-state index in [0.29, 0.717) is 11.1 Å². The first-order valence-electron chi connectivity index (χ1n) is 6.64. The van der Waals surface area contributed by atoms with Gasteiger partial charge in [-0.1, -0.05) is 46.3 Å². The lowest BCUT2D eigenvalue weighted by Crippen LogP contribution is -2.05. The fraction of sp³-hybridized carbons (Fsp3) is 0.294. The van der Waals surface area contributed by atoms with Gasteiger partial charge in [0.05, 0.1) is 10.9 Å². The Labute approximate surface area is 127 Å². The third-order valence-corrected chi connectivity index (χ3v) is 4.06. The zero-order valence-electron chi connectivity index (χ0n) is 11.9. The van der Waals surface area contributed by atoms with E-state index in [2.05, 4.69) is 15.9 Å². The molecule has 2 aromatic rings. The summed E-state index contributed by atoms with van der Waals surface area (Å²) in [5.41, 5.74) is 2.32. The Morgan fingerprint density at radius 1 is 1.05 bits per heavy atom. The molecule has 3 heteroatoms. The van der Waals surface area contributed by atoms with Crippen LogP contribution in [0.1, 0.15) is 35.4 Å². The van der Waals surface area contributed by atoms with E-state index in [-0.39, 0.29) is 16.7 Å². The second-order valence-corrected chi connectivity index (χ2v) is 5.99. The molecule has 2 aromatic carbocycles. The van der Waals surface area contributed by atoms with Gasteiger partial charge in [0.2, 0.25) is 0 Å². The lowest BCUT2D eigenvalue weighted by Gasteiger charge is -2.14. The largest absolute Gasteiger partial charge is 0.491 e. The fourth-order valence-corrected chi connectivity index (χ4v) is 2.69. The van der Waals surface area contributed by atoms with Gasteiger partial charge >= 0.3 is 0 Å². The van der Waals surface area contributed by atoms with Crippen molar-refractivity contribution < 1.29 is 9.13 Å². The first-order valence-corrected chi connectivity index (χ1v) is 7.56. The third-order valence-electron chi connectivity index (χ3n) is 3.04. The van der Waals surface area contributed by atoms with E-state index >= 15 is 0 Å². The molecule has 0 radical (unpaired) electrons. The minimum atomic E-state index is -0.157. The third kappa shape index (κ3) is 3.40. The predicted molar refractivity (Wildman–Crippen MR) is 84.1 cm³/mol. The molecule has 0 amide bonds. The van der Waals surface area contributed by atoms with Crippen LogP contribution in [-0.4, -0.2) is 6.10 Å². The van der Waals surface area contributed by atoms with Crippen LogP contribution < -0.4 is 4.74 Å². The van der Waals surface area contributed by atoms with Crippen molar-refractivity contribution in [1.29, 1.82) is 0 Å². The number of benzene rings is 2. The molecule has 0 aromatic heterocycles. The summed E-state index contributed by atoms with van der Waals surface area (Å²) in [6.45, 7) is 5.75. The summed E-state index contributed by atoms with van der Waals surface area (Å²) in [7, 11) is 0. The van der Waals surface area contributed by atoms with Crippen LogP contribution in [0, 0.1) is 12.7 Å². The number of halogens is 2. The molecule has 106 valence electrons. The van der Waals surface area contributed by atoms with Crippen molar-refractivity contribution in [2.75, 3.05) is 0 Å². The lowest BCUT2D eigenvalue weighted by molar-refractivity contribution is 0.242. The Kier molecular flexibility index (Phi) is 4.81. The van der Waals surface area contributed by atoms with Gasteiger partial charge in [-0.2, -0.15) is 0 Å². The van der Waals surface area contributed by atoms with E-state index in [1.54, 1.807) is 19.1 Å². The van der Waals surface area contributed by atoms with Gasteiger partial charge in [0.1, 0.15) is 11.6 Å². The van der Waals surface area contributed by atoms with Crippen LogP contribution in [0.25, 0.3) is 0 Å². The first-order chi connectivity index (χ1) is 9.49. The predicted octanol–water partition coefficient (Wildman–Crippen LogP) is 5.41. The number of rotatable bonds is 4. The van der Waals surface area contributed by atoms with E-state index in [1.165, 1.54) is 0 Å². The average Bonchev–Trinajstić information content (AvgIpc) is 2.41. The summed E-state index contributed by atoms with van der Waals surface area (Å²) in [5, 5.41) is 0. The van der Waals surface area contributed by atoms with E-state index < -0.39 is 0 Å². The first kappa shape index (κ1) is 15.0. The molecule has 0 heterocycles. The van der Waals surface area contributed by atoms with Crippen LogP contribution in [-0.2, 0) is 0 Å². The summed E-state index contributed by atoms with van der Waals surface area (Å²) < 4.78 is 19.7. The minimum absolute atomic E-state index is 0.148. The molecular weight excluding hydrogens is 319 g/mol. The topological polar surface area (TPSA) is 9.23 Å². The van der Waals surface area contributed by atoms with Gasteiger partial charge in [0.15, 0.2) is 0 Å². The van der Waals surface area contributed by atoms with Crippen LogP contribution in [0.3, 0.4) is 0 Å². The maximum atomic E-state index is 14.1. The van der Waals surface area contributed by atoms with Gasteiger partial charge in [-0.3, -0.25) is 0 Å². The highest BCUT2D eigenvalue weighted by Gasteiger charge is 2.16. The average molecular weight is 337 g/mol. The van der Waals surface area contributed by atoms with Crippen molar-refractivity contribution in [2.45, 2.75) is 31.7 Å². The number of alkyl halides is 1. The number of ether oxygens (including phenoxy) is 1. The highest BCUT2D eigenvalue weighted by Crippen LogP contribution is 2.34. The van der Waals surface area contributed by atoms with Gasteiger partial charge in [-0.15, -0.1) is 0 Å². The molecule has 2 rings (SSSR count). The van der Waals surface area contributed by atoms with Crippen molar-refractivity contribution in [3.63, 3.8) is 0 Å². The number of hydrogen-bond acceptors (Lipinski definition) is 1. The Hall–Kier alpha value is -1.35. The van der Waals surface area contributed by atoms with Crippen LogP contribution in [0.15, 0.2) is 42.5 Å². The van der Waals surface area contributed by atoms with Gasteiger partial charge in [0.25, 0.3) is 0 Å². The SMILES string of the molecule is Cc1cccc(C(Br)c2ccc(OC(C)C)cc2)c1F. The minimum Gasteiger partial charge on any atom is -0.491 e. The summed E-state index contributed by atoms with van der Waals surface area (Å²) in [6.07, 6.45) is 0.148. The summed E-state index contributed by atoms with van der Waals surface area (Å²) in [6, 6.07) is 13.2. The maximum Gasteiger partial charge on any atom is 0.130 e. The molecule has 0 fully saturated rings. The second kappa shape index (κ2) is 6.40. The highest BCUT2D eigenvalue weighted by atomic mass is 79.9. The maximum absolute atomic E-state index is 14.1. The van der Waals surface area contributed by atoms with Gasteiger partial charge in [-0.05, 0) is 44.0 Å². The second-order valence-electron chi connectivity index (χ2n) is 5.08. The van der Waals surface area contributed by atoms with Crippen molar-refractivity contribution in [1.82, 2.24) is 0 Å². The normalized spacial score (nSPS) is 12.5. The lowest BCUT2D eigenvalue weighted by atomic mass is 10.0. The molecule has 0 N–H and O–H groups in total. The zero-order chi connectivity index (χ0) is 14.7. The summed E-state index contributed by atoms with van der Waals surface area (Å²) in [5.74, 6) is 0.671. The van der Waals surface area contributed by atoms with E-state index in [9.17, 15) is 4.39 Å². The van der Waals surface area contributed by atoms with Gasteiger partial charge < -0.3 is 4.74 Å². The number of hydrogen-bond donors (Lipinski definition) is 0. The van der Waals surface area contributed by atoms with Crippen molar-refractivity contribution in [2.24, 2.45) is 0 Å². The van der Waals surface area contributed by atoms with E-state index in [0.717, 1.165) is 11.3 Å². The Morgan fingerprint density at radius 3 is 2.30 bits per heavy atom. The molecule has 0 spiro atoms. The van der Waals surface area contributed by atoms with Crippen molar-refractivity contribution in [3.05, 3.63) is 65.0 Å².